The number of likely N-dealkylation sites (tertiary alicyclic amines) is 1. The van der Waals surface area contributed by atoms with Crippen LogP contribution in [0, 0.1) is 17.3 Å². The van der Waals surface area contributed by atoms with Crippen LogP contribution in [0.2, 0.25) is 0 Å². The molecule has 222 valence electrons. The van der Waals surface area contributed by atoms with Crippen molar-refractivity contribution in [3.63, 3.8) is 0 Å². The summed E-state index contributed by atoms with van der Waals surface area (Å²) >= 11 is 0. The van der Waals surface area contributed by atoms with Gasteiger partial charge in [0.1, 0.15) is 11.8 Å². The predicted molar refractivity (Wildman–Crippen MR) is 162 cm³/mol. The van der Waals surface area contributed by atoms with Gasteiger partial charge in [0.25, 0.3) is 0 Å². The summed E-state index contributed by atoms with van der Waals surface area (Å²) in [4.78, 5) is 29.2. The molecular weight excluding hydrogens is 512 g/mol. The second-order valence-corrected chi connectivity index (χ2v) is 14.0. The molecule has 1 aliphatic heterocycles. The molecule has 0 radical (unpaired) electrons. The third-order valence-corrected chi connectivity index (χ3v) is 10.2. The molecule has 4 atom stereocenters. The monoisotopic (exact) mass is 560 g/mol. The summed E-state index contributed by atoms with van der Waals surface area (Å²) in [6, 6.07) is 15.0. The van der Waals surface area contributed by atoms with Crippen LogP contribution in [-0.2, 0) is 21.5 Å². The summed E-state index contributed by atoms with van der Waals surface area (Å²) in [6.07, 6.45) is 8.50. The Morgan fingerprint density at radius 3 is 2.27 bits per heavy atom. The molecule has 1 amide bonds. The second-order valence-electron chi connectivity index (χ2n) is 14.0. The number of carbonyl (C=O) groups excluding carboxylic acids is 1. The van der Waals surface area contributed by atoms with Crippen LogP contribution in [0.5, 0.6) is 5.75 Å². The number of carboxylic acids is 1. The van der Waals surface area contributed by atoms with E-state index < -0.39 is 12.0 Å². The number of nitrogens with one attached hydrogen (secondary N) is 1. The maximum Gasteiger partial charge on any atom is 0.326 e. The highest BCUT2D eigenvalue weighted by Gasteiger charge is 2.58. The van der Waals surface area contributed by atoms with Gasteiger partial charge in [0.15, 0.2) is 0 Å². The van der Waals surface area contributed by atoms with Gasteiger partial charge in [-0.2, -0.15) is 0 Å². The van der Waals surface area contributed by atoms with Crippen molar-refractivity contribution in [2.45, 2.75) is 109 Å². The largest absolute Gasteiger partial charge is 0.496 e. The van der Waals surface area contributed by atoms with Crippen LogP contribution in [0.4, 0.5) is 0 Å². The molecule has 1 saturated heterocycles. The fraction of sp³-hybridized carbons (Fsp3) is 0.600. The number of carboxylic acid groups (broad SMARTS) is 1. The summed E-state index contributed by atoms with van der Waals surface area (Å²) < 4.78 is 5.78. The lowest BCUT2D eigenvalue weighted by Crippen LogP contribution is -2.49. The van der Waals surface area contributed by atoms with E-state index in [1.807, 2.05) is 30.3 Å². The molecule has 41 heavy (non-hydrogen) atoms. The molecule has 1 heterocycles. The summed E-state index contributed by atoms with van der Waals surface area (Å²) in [5, 5.41) is 14.6. The molecule has 3 aliphatic rings. The minimum absolute atomic E-state index is 0.00184. The highest BCUT2D eigenvalue weighted by molar-refractivity contribution is 5.87. The third kappa shape index (κ3) is 5.77. The van der Waals surface area contributed by atoms with Gasteiger partial charge in [0.05, 0.1) is 13.2 Å². The number of rotatable bonds is 8. The van der Waals surface area contributed by atoms with E-state index in [4.69, 9.17) is 4.74 Å². The van der Waals surface area contributed by atoms with Crippen molar-refractivity contribution in [3.8, 4) is 5.75 Å². The maximum atomic E-state index is 14.3. The summed E-state index contributed by atoms with van der Waals surface area (Å²) in [5.74, 6) is -0.498. The molecule has 6 heteroatoms. The van der Waals surface area contributed by atoms with Crippen LogP contribution < -0.4 is 10.1 Å². The van der Waals surface area contributed by atoms with Gasteiger partial charge >= 0.3 is 5.97 Å². The van der Waals surface area contributed by atoms with Gasteiger partial charge in [-0.25, -0.2) is 4.79 Å². The zero-order chi connectivity index (χ0) is 29.4. The first-order chi connectivity index (χ1) is 19.5. The molecule has 0 aromatic heterocycles. The van der Waals surface area contributed by atoms with Gasteiger partial charge in [0, 0.05) is 30.0 Å². The Morgan fingerprint density at radius 1 is 1.02 bits per heavy atom. The Bertz CT molecular complexity index is 1230. The van der Waals surface area contributed by atoms with E-state index >= 15 is 0 Å². The number of methoxy groups -OCH3 is 1. The van der Waals surface area contributed by atoms with Gasteiger partial charge in [0.2, 0.25) is 5.91 Å². The lowest BCUT2D eigenvalue weighted by Gasteiger charge is -2.39. The van der Waals surface area contributed by atoms with Gasteiger partial charge < -0.3 is 20.1 Å². The second kappa shape index (κ2) is 11.8. The van der Waals surface area contributed by atoms with Crippen molar-refractivity contribution in [2.75, 3.05) is 7.11 Å². The molecule has 5 rings (SSSR count). The third-order valence-electron chi connectivity index (χ3n) is 10.2. The number of hydrogen-bond donors (Lipinski definition) is 2. The number of hydrogen-bond acceptors (Lipinski definition) is 4. The topological polar surface area (TPSA) is 78.9 Å². The Labute approximate surface area is 245 Å². The van der Waals surface area contributed by atoms with E-state index in [-0.39, 0.29) is 40.7 Å². The number of aliphatic carboxylic acids is 1. The van der Waals surface area contributed by atoms with Crippen LogP contribution in [0.3, 0.4) is 0 Å². The Morgan fingerprint density at radius 2 is 1.71 bits per heavy atom. The molecule has 0 spiro atoms. The van der Waals surface area contributed by atoms with Crippen molar-refractivity contribution in [2.24, 2.45) is 17.3 Å². The summed E-state index contributed by atoms with van der Waals surface area (Å²) in [6.45, 7) is 9.19. The molecule has 0 bridgehead atoms. The van der Waals surface area contributed by atoms with Crippen molar-refractivity contribution in [1.29, 1.82) is 0 Å². The molecule has 6 nitrogen and oxygen atoms in total. The zero-order valence-electron chi connectivity index (χ0n) is 25.5. The van der Waals surface area contributed by atoms with Crippen LogP contribution in [0.25, 0.3) is 0 Å². The average molecular weight is 561 g/mol. The highest BCUT2D eigenvalue weighted by atomic mass is 16.5. The SMILES string of the molecule is COc1ccc(C2(C)CCC2)cc1CN[C@H]1[C@H](C(C)(C)C)[C@@H](C(=O)O)N(C(=O)C2CCCCC2)[C@H]1c1ccccc1. The Balaban J connectivity index is 1.56. The summed E-state index contributed by atoms with van der Waals surface area (Å²) in [5.41, 5.74) is 3.22. The molecule has 3 fully saturated rings. The van der Waals surface area contributed by atoms with Gasteiger partial charge in [-0.15, -0.1) is 0 Å². The van der Waals surface area contributed by atoms with E-state index in [9.17, 15) is 14.7 Å². The fourth-order valence-corrected chi connectivity index (χ4v) is 7.80. The van der Waals surface area contributed by atoms with E-state index in [1.165, 1.54) is 24.8 Å². The normalized spacial score (nSPS) is 26.4. The quantitative estimate of drug-likeness (QED) is 0.368. The molecule has 2 N–H and O–H groups in total. The zero-order valence-corrected chi connectivity index (χ0v) is 25.5. The van der Waals surface area contributed by atoms with E-state index in [2.05, 4.69) is 51.2 Å². The number of ether oxygens (including phenoxy) is 1. The first-order valence-corrected chi connectivity index (χ1v) is 15.6. The lowest BCUT2D eigenvalue weighted by atomic mass is 9.66. The predicted octanol–water partition coefficient (Wildman–Crippen LogP) is 6.87. The van der Waals surface area contributed by atoms with Crippen molar-refractivity contribution < 1.29 is 19.4 Å². The molecule has 0 unspecified atom stereocenters. The number of carbonyl (C=O) groups is 2. The van der Waals surface area contributed by atoms with Crippen molar-refractivity contribution >= 4 is 11.9 Å². The first-order valence-electron chi connectivity index (χ1n) is 15.6. The number of nitrogens with zero attached hydrogens (tertiary/aromatic N) is 1. The highest BCUT2D eigenvalue weighted by Crippen LogP contribution is 2.50. The number of amides is 1. The molecule has 2 saturated carbocycles. The van der Waals surface area contributed by atoms with Gasteiger partial charge in [-0.05, 0) is 53.7 Å². The smallest absolute Gasteiger partial charge is 0.326 e. The number of benzene rings is 2. The maximum absolute atomic E-state index is 14.3. The van der Waals surface area contributed by atoms with E-state index in [0.717, 1.165) is 49.0 Å². The first kappa shape index (κ1) is 29.6. The van der Waals surface area contributed by atoms with Crippen molar-refractivity contribution in [1.82, 2.24) is 10.2 Å². The molecular formula is C35H48N2O4. The van der Waals surface area contributed by atoms with Crippen LogP contribution in [0.1, 0.15) is 102 Å². The van der Waals surface area contributed by atoms with Gasteiger partial charge in [-0.3, -0.25) is 4.79 Å². The average Bonchev–Trinajstić information content (AvgIpc) is 3.31. The molecule has 2 aromatic carbocycles. The van der Waals surface area contributed by atoms with E-state index in [0.29, 0.717) is 6.54 Å². The summed E-state index contributed by atoms with van der Waals surface area (Å²) in [7, 11) is 1.70. The Hall–Kier alpha value is -2.86. The van der Waals surface area contributed by atoms with Crippen molar-refractivity contribution in [3.05, 3.63) is 65.2 Å². The van der Waals surface area contributed by atoms with E-state index in [1.54, 1.807) is 12.0 Å². The van der Waals surface area contributed by atoms with Crippen LogP contribution >= 0.6 is 0 Å². The fourth-order valence-electron chi connectivity index (χ4n) is 7.80. The Kier molecular flexibility index (Phi) is 8.52. The standard InChI is InChI=1S/C35H48N2O4/c1-34(2,3)28-29(36-22-25-21-26(17-18-27(25)41-5)35(4)19-12-20-35)30(23-13-8-6-9-14-23)37(31(28)33(39)40)32(38)24-15-10-7-11-16-24/h6,8-9,13-14,17-18,21,24,28-31,36H,7,10-12,15-16,19-20,22H2,1-5H3,(H,39,40)/t28-,29-,30-,31-/m0/s1. The van der Waals surface area contributed by atoms with Gasteiger partial charge in [-0.1, -0.05) is 95.8 Å². The van der Waals surface area contributed by atoms with Crippen LogP contribution in [-0.4, -0.2) is 41.1 Å². The van der Waals surface area contributed by atoms with Crippen LogP contribution in [0.15, 0.2) is 48.5 Å². The minimum atomic E-state index is -0.920. The minimum Gasteiger partial charge on any atom is -0.496 e. The molecule has 2 aromatic rings. The molecule has 2 aliphatic carbocycles. The lowest BCUT2D eigenvalue weighted by molar-refractivity contribution is -0.154.